The van der Waals surface area contributed by atoms with E-state index in [-0.39, 0.29) is 18.4 Å². The number of nitrogens with one attached hydrogen (secondary N) is 1. The number of Topliss-reactive ketones (excluding diaryl/α,β-unsaturated/α-hetero) is 1. The summed E-state index contributed by atoms with van der Waals surface area (Å²) >= 11 is 1.42. The monoisotopic (exact) mass is 375 g/mol. The van der Waals surface area contributed by atoms with Gasteiger partial charge in [0.2, 0.25) is 10.7 Å². The molecule has 0 unspecified atom stereocenters. The molecule has 1 aromatic heterocycles. The number of benzene rings is 2. The van der Waals surface area contributed by atoms with Gasteiger partial charge in [0, 0.05) is 26.0 Å². The fourth-order valence-electron chi connectivity index (χ4n) is 2.43. The molecule has 134 valence electrons. The lowest BCUT2D eigenvalue weighted by molar-refractivity contribution is -0.121. The first-order valence-corrected chi connectivity index (χ1v) is 8.63. The second-order valence-electron chi connectivity index (χ2n) is 5.61. The number of para-hydroxylation sites is 1. The third kappa shape index (κ3) is 3.85. The van der Waals surface area contributed by atoms with Gasteiger partial charge in [-0.05, 0) is 24.3 Å². The predicted octanol–water partition coefficient (Wildman–Crippen LogP) is 3.11. The first-order valence-electron chi connectivity index (χ1n) is 7.81. The van der Waals surface area contributed by atoms with Crippen LogP contribution in [-0.4, -0.2) is 16.3 Å². The van der Waals surface area contributed by atoms with Crippen LogP contribution in [0.25, 0.3) is 10.2 Å². The number of aryl methyl sites for hydroxylation is 1. The van der Waals surface area contributed by atoms with E-state index in [0.717, 1.165) is 22.3 Å². The normalized spacial score (nSPS) is 11.7. The van der Waals surface area contributed by atoms with Crippen LogP contribution in [0.2, 0.25) is 0 Å². The molecule has 1 N–H and O–H groups in total. The molecule has 2 aromatic carbocycles. The molecule has 0 radical (unpaired) electrons. The van der Waals surface area contributed by atoms with Crippen molar-refractivity contribution in [2.45, 2.75) is 12.8 Å². The lowest BCUT2D eigenvalue weighted by Gasteiger charge is -2.02. The Bertz CT molecular complexity index is 1060. The van der Waals surface area contributed by atoms with Gasteiger partial charge in [-0.2, -0.15) is 0 Å². The minimum Gasteiger partial charge on any atom is -0.318 e. The van der Waals surface area contributed by atoms with Gasteiger partial charge in [-0.1, -0.05) is 23.5 Å². The van der Waals surface area contributed by atoms with Crippen molar-refractivity contribution in [3.8, 4) is 0 Å². The molecule has 3 aromatic rings. The third-order valence-electron chi connectivity index (χ3n) is 3.80. The van der Waals surface area contributed by atoms with Gasteiger partial charge >= 0.3 is 0 Å². The zero-order chi connectivity index (χ0) is 18.7. The van der Waals surface area contributed by atoms with E-state index in [0.29, 0.717) is 10.9 Å². The Morgan fingerprint density at radius 3 is 2.65 bits per heavy atom. The first-order chi connectivity index (χ1) is 12.5. The van der Waals surface area contributed by atoms with Gasteiger partial charge in [0.05, 0.1) is 15.8 Å². The Hall–Kier alpha value is -2.87. The second kappa shape index (κ2) is 7.57. The standard InChI is InChI=1S/C18H15F2N3O2S/c1-23-14-4-2-3-5-16(14)26-18(23)22-21-17(25)9-8-15(24)12-7-6-11(19)10-13(12)20/h2-7,10H,8-9H2,1H3,(H,21,25)/b22-18+. The average Bonchev–Trinajstić information content (AvgIpc) is 2.94. The summed E-state index contributed by atoms with van der Waals surface area (Å²) in [4.78, 5) is 24.5. The summed E-state index contributed by atoms with van der Waals surface area (Å²) in [5.41, 5.74) is 3.16. The number of amides is 1. The number of rotatable bonds is 5. The Balaban J connectivity index is 1.63. The summed E-state index contributed by atoms with van der Waals surface area (Å²) < 4.78 is 29.3. The molecule has 1 amide bonds. The first kappa shape index (κ1) is 17.9. The van der Waals surface area contributed by atoms with Crippen LogP contribution in [0.4, 0.5) is 8.78 Å². The van der Waals surface area contributed by atoms with E-state index >= 15 is 0 Å². The summed E-state index contributed by atoms with van der Waals surface area (Å²) in [7, 11) is 1.84. The second-order valence-corrected chi connectivity index (χ2v) is 6.61. The van der Waals surface area contributed by atoms with Gasteiger partial charge < -0.3 is 4.57 Å². The molecule has 0 spiro atoms. The highest BCUT2D eigenvalue weighted by Gasteiger charge is 2.14. The molecule has 0 saturated carbocycles. The Kier molecular flexibility index (Phi) is 5.22. The van der Waals surface area contributed by atoms with Crippen LogP contribution in [0.1, 0.15) is 23.2 Å². The molecule has 8 heteroatoms. The van der Waals surface area contributed by atoms with E-state index in [4.69, 9.17) is 0 Å². The van der Waals surface area contributed by atoms with Gasteiger partial charge in [0.25, 0.3) is 0 Å². The number of carbonyl (C=O) groups excluding carboxylic acids is 2. The molecule has 0 bridgehead atoms. The van der Waals surface area contributed by atoms with Gasteiger partial charge in [-0.3, -0.25) is 9.59 Å². The number of ketones is 1. The number of hydrogen-bond donors (Lipinski definition) is 1. The van der Waals surface area contributed by atoms with Crippen LogP contribution in [0, 0.1) is 11.6 Å². The molecule has 0 aliphatic heterocycles. The number of aromatic nitrogens is 1. The summed E-state index contributed by atoms with van der Waals surface area (Å²) in [5, 5.41) is 4.07. The average molecular weight is 375 g/mol. The largest absolute Gasteiger partial charge is 0.318 e. The van der Waals surface area contributed by atoms with Crippen LogP contribution < -0.4 is 10.2 Å². The van der Waals surface area contributed by atoms with Crippen molar-refractivity contribution in [3.05, 3.63) is 64.5 Å². The van der Waals surface area contributed by atoms with Crippen LogP contribution in [0.5, 0.6) is 0 Å². The fraction of sp³-hybridized carbons (Fsp3) is 0.167. The van der Waals surface area contributed by atoms with E-state index in [1.165, 1.54) is 11.3 Å². The molecule has 0 atom stereocenters. The van der Waals surface area contributed by atoms with Crippen molar-refractivity contribution in [2.24, 2.45) is 12.1 Å². The van der Waals surface area contributed by atoms with Crippen LogP contribution in [0.3, 0.4) is 0 Å². The molecular weight excluding hydrogens is 360 g/mol. The van der Waals surface area contributed by atoms with E-state index in [1.807, 2.05) is 35.9 Å². The molecule has 0 aliphatic carbocycles. The highest BCUT2D eigenvalue weighted by atomic mass is 32.1. The smallest absolute Gasteiger partial charge is 0.240 e. The predicted molar refractivity (Wildman–Crippen MR) is 94.4 cm³/mol. The Morgan fingerprint density at radius 2 is 1.92 bits per heavy atom. The highest BCUT2D eigenvalue weighted by molar-refractivity contribution is 7.16. The maximum absolute atomic E-state index is 13.6. The maximum Gasteiger partial charge on any atom is 0.240 e. The van der Waals surface area contributed by atoms with E-state index in [2.05, 4.69) is 10.5 Å². The maximum atomic E-state index is 13.6. The number of thiazole rings is 1. The van der Waals surface area contributed by atoms with Gasteiger partial charge in [0.15, 0.2) is 5.78 Å². The summed E-state index contributed by atoms with van der Waals surface area (Å²) in [6.45, 7) is 0. The summed E-state index contributed by atoms with van der Waals surface area (Å²) in [6, 6.07) is 10.5. The molecule has 1 heterocycles. The lowest BCUT2D eigenvalue weighted by Crippen LogP contribution is -2.23. The van der Waals surface area contributed by atoms with E-state index in [9.17, 15) is 18.4 Å². The molecular formula is C18H15F2N3O2S. The molecule has 3 rings (SSSR count). The van der Waals surface area contributed by atoms with Gasteiger partial charge in [-0.25, -0.2) is 14.2 Å². The molecule has 5 nitrogen and oxygen atoms in total. The van der Waals surface area contributed by atoms with Crippen molar-refractivity contribution in [1.29, 1.82) is 0 Å². The van der Waals surface area contributed by atoms with Crippen molar-refractivity contribution in [1.82, 2.24) is 9.99 Å². The number of carbonyl (C=O) groups is 2. The number of hydrogen-bond acceptors (Lipinski definition) is 4. The summed E-state index contributed by atoms with van der Waals surface area (Å²) in [5.74, 6) is -2.72. The highest BCUT2D eigenvalue weighted by Crippen LogP contribution is 2.15. The fourth-order valence-corrected chi connectivity index (χ4v) is 3.41. The van der Waals surface area contributed by atoms with Crippen molar-refractivity contribution in [2.75, 3.05) is 0 Å². The van der Waals surface area contributed by atoms with Crippen LogP contribution in [-0.2, 0) is 11.8 Å². The molecule has 0 saturated heterocycles. The third-order valence-corrected chi connectivity index (χ3v) is 4.91. The van der Waals surface area contributed by atoms with Crippen molar-refractivity contribution < 1.29 is 18.4 Å². The van der Waals surface area contributed by atoms with Crippen molar-refractivity contribution in [3.63, 3.8) is 0 Å². The van der Waals surface area contributed by atoms with Gasteiger partial charge in [0.1, 0.15) is 11.6 Å². The molecule has 26 heavy (non-hydrogen) atoms. The van der Waals surface area contributed by atoms with E-state index < -0.39 is 23.3 Å². The Labute approximate surface area is 151 Å². The zero-order valence-corrected chi connectivity index (χ0v) is 14.6. The summed E-state index contributed by atoms with van der Waals surface area (Å²) in [6.07, 6.45) is -0.337. The SMILES string of the molecule is Cn1/c(=N\NC(=O)CCC(=O)c2ccc(F)cc2F)sc2ccccc21. The quantitative estimate of drug-likeness (QED) is 0.550. The zero-order valence-electron chi connectivity index (χ0n) is 13.8. The number of halogens is 2. The van der Waals surface area contributed by atoms with Crippen LogP contribution >= 0.6 is 11.3 Å². The van der Waals surface area contributed by atoms with E-state index in [1.54, 1.807) is 0 Å². The minimum atomic E-state index is -0.933. The number of nitrogens with zero attached hydrogens (tertiary/aromatic N) is 2. The molecule has 0 fully saturated rings. The minimum absolute atomic E-state index is 0.145. The number of fused-ring (bicyclic) bond motifs is 1. The molecule has 0 aliphatic rings. The topological polar surface area (TPSA) is 63.5 Å². The van der Waals surface area contributed by atoms with Gasteiger partial charge in [-0.15, -0.1) is 5.10 Å². The van der Waals surface area contributed by atoms with Crippen LogP contribution in [0.15, 0.2) is 47.6 Å². The van der Waals surface area contributed by atoms with Crippen molar-refractivity contribution >= 4 is 33.2 Å². The Morgan fingerprint density at radius 1 is 1.15 bits per heavy atom. The lowest BCUT2D eigenvalue weighted by atomic mass is 10.1.